The van der Waals surface area contributed by atoms with Gasteiger partial charge in [-0.05, 0) is 57.9 Å². The molecule has 2 rings (SSSR count). The molecule has 1 N–H and O–H groups in total. The molecule has 2 nitrogen and oxygen atoms in total. The number of rotatable bonds is 3. The molecule has 1 aliphatic heterocycles. The molecule has 0 amide bonds. The fourth-order valence-electron chi connectivity index (χ4n) is 2.58. The Morgan fingerprint density at radius 1 is 1.12 bits per heavy atom. The topological polar surface area (TPSA) is 15.3 Å². The van der Waals surface area contributed by atoms with Crippen molar-refractivity contribution < 1.29 is 0 Å². The van der Waals surface area contributed by atoms with Crippen LogP contribution in [0.2, 0.25) is 0 Å². The van der Waals surface area contributed by atoms with E-state index in [1.54, 1.807) is 0 Å². The third-order valence-electron chi connectivity index (χ3n) is 3.60. The molecule has 0 bridgehead atoms. The van der Waals surface area contributed by atoms with Crippen molar-refractivity contribution >= 4 is 0 Å². The summed E-state index contributed by atoms with van der Waals surface area (Å²) in [7, 11) is 0. The summed E-state index contributed by atoms with van der Waals surface area (Å²) in [6, 6.07) is 11.5. The molecule has 0 aromatic heterocycles. The van der Waals surface area contributed by atoms with E-state index < -0.39 is 0 Å². The van der Waals surface area contributed by atoms with Crippen LogP contribution in [0.15, 0.2) is 30.3 Å². The third-order valence-corrected chi connectivity index (χ3v) is 3.60. The SMILES string of the molecule is CC(Cc1ccccc1)N1CCCNCCC1. The van der Waals surface area contributed by atoms with Gasteiger partial charge in [0.25, 0.3) is 0 Å². The maximum Gasteiger partial charge on any atom is 0.0107 e. The van der Waals surface area contributed by atoms with Gasteiger partial charge in [0.15, 0.2) is 0 Å². The number of nitrogens with one attached hydrogen (secondary N) is 1. The first-order chi connectivity index (χ1) is 8.36. The summed E-state index contributed by atoms with van der Waals surface area (Å²) in [5, 5.41) is 3.47. The average molecular weight is 232 g/mol. The van der Waals surface area contributed by atoms with Crippen LogP contribution in [0.4, 0.5) is 0 Å². The zero-order valence-corrected chi connectivity index (χ0v) is 10.9. The molecule has 1 fully saturated rings. The summed E-state index contributed by atoms with van der Waals surface area (Å²) in [5.74, 6) is 0. The Bertz CT molecular complexity index is 302. The van der Waals surface area contributed by atoms with Crippen molar-refractivity contribution in [3.8, 4) is 0 Å². The second-order valence-electron chi connectivity index (χ2n) is 5.03. The van der Waals surface area contributed by atoms with Crippen LogP contribution in [0.5, 0.6) is 0 Å². The Morgan fingerprint density at radius 2 is 1.76 bits per heavy atom. The first kappa shape index (κ1) is 12.6. The molecule has 94 valence electrons. The van der Waals surface area contributed by atoms with E-state index in [2.05, 4.69) is 47.5 Å². The van der Waals surface area contributed by atoms with Gasteiger partial charge < -0.3 is 10.2 Å². The Hall–Kier alpha value is -0.860. The van der Waals surface area contributed by atoms with Crippen LogP contribution in [0, 0.1) is 0 Å². The van der Waals surface area contributed by atoms with E-state index in [0.29, 0.717) is 6.04 Å². The molecule has 1 atom stereocenters. The smallest absolute Gasteiger partial charge is 0.0107 e. The van der Waals surface area contributed by atoms with E-state index in [1.165, 1.54) is 51.0 Å². The van der Waals surface area contributed by atoms with Gasteiger partial charge in [-0.2, -0.15) is 0 Å². The second-order valence-corrected chi connectivity index (χ2v) is 5.03. The Balaban J connectivity index is 1.87. The van der Waals surface area contributed by atoms with Gasteiger partial charge in [-0.1, -0.05) is 30.3 Å². The fourth-order valence-corrected chi connectivity index (χ4v) is 2.58. The summed E-state index contributed by atoms with van der Waals surface area (Å²) in [6.45, 7) is 7.19. The van der Waals surface area contributed by atoms with E-state index in [-0.39, 0.29) is 0 Å². The molecule has 1 aliphatic rings. The van der Waals surface area contributed by atoms with Crippen LogP contribution >= 0.6 is 0 Å². The minimum absolute atomic E-state index is 0.662. The van der Waals surface area contributed by atoms with Crippen LogP contribution in [0.25, 0.3) is 0 Å². The van der Waals surface area contributed by atoms with Crippen molar-refractivity contribution in [2.75, 3.05) is 26.2 Å². The highest BCUT2D eigenvalue weighted by Crippen LogP contribution is 2.10. The summed E-state index contributed by atoms with van der Waals surface area (Å²) >= 11 is 0. The van der Waals surface area contributed by atoms with Crippen molar-refractivity contribution in [2.24, 2.45) is 0 Å². The third kappa shape index (κ3) is 4.14. The van der Waals surface area contributed by atoms with Crippen LogP contribution < -0.4 is 5.32 Å². The first-order valence-corrected chi connectivity index (χ1v) is 6.85. The predicted molar refractivity (Wildman–Crippen MR) is 73.3 cm³/mol. The highest BCUT2D eigenvalue weighted by Gasteiger charge is 2.14. The Kier molecular flexibility index (Phi) is 5.02. The standard InChI is InChI=1S/C15H24N2/c1-14(13-15-7-3-2-4-8-15)17-11-5-9-16-10-6-12-17/h2-4,7-8,14,16H,5-6,9-13H2,1H3. The van der Waals surface area contributed by atoms with E-state index in [0.717, 1.165) is 0 Å². The second kappa shape index (κ2) is 6.77. The van der Waals surface area contributed by atoms with Crippen LogP contribution in [0.3, 0.4) is 0 Å². The maximum atomic E-state index is 3.47. The van der Waals surface area contributed by atoms with Gasteiger partial charge in [0.2, 0.25) is 0 Å². The predicted octanol–water partition coefficient (Wildman–Crippen LogP) is 2.30. The maximum absolute atomic E-state index is 3.47. The average Bonchev–Trinajstić information content (AvgIpc) is 2.29. The Morgan fingerprint density at radius 3 is 2.41 bits per heavy atom. The molecule has 0 spiro atoms. The number of nitrogens with zero attached hydrogens (tertiary/aromatic N) is 1. The quantitative estimate of drug-likeness (QED) is 0.860. The number of hydrogen-bond acceptors (Lipinski definition) is 2. The lowest BCUT2D eigenvalue weighted by atomic mass is 10.1. The van der Waals surface area contributed by atoms with Gasteiger partial charge in [-0.25, -0.2) is 0 Å². The van der Waals surface area contributed by atoms with Crippen molar-refractivity contribution in [3.05, 3.63) is 35.9 Å². The molecular formula is C15H24N2. The van der Waals surface area contributed by atoms with E-state index >= 15 is 0 Å². The summed E-state index contributed by atoms with van der Waals surface area (Å²) in [5.41, 5.74) is 1.46. The summed E-state index contributed by atoms with van der Waals surface area (Å²) in [6.07, 6.45) is 3.73. The molecule has 1 aromatic carbocycles. The van der Waals surface area contributed by atoms with Gasteiger partial charge >= 0.3 is 0 Å². The normalized spacial score (nSPS) is 20.5. The minimum atomic E-state index is 0.662. The van der Waals surface area contributed by atoms with Gasteiger partial charge in [0.05, 0.1) is 0 Å². The molecule has 1 saturated heterocycles. The van der Waals surface area contributed by atoms with Crippen LogP contribution in [-0.4, -0.2) is 37.1 Å². The highest BCUT2D eigenvalue weighted by atomic mass is 15.2. The zero-order valence-electron chi connectivity index (χ0n) is 10.9. The molecule has 1 heterocycles. The monoisotopic (exact) mass is 232 g/mol. The van der Waals surface area contributed by atoms with Crippen molar-refractivity contribution in [1.29, 1.82) is 0 Å². The molecular weight excluding hydrogens is 208 g/mol. The molecule has 0 saturated carbocycles. The Labute approximate surface area is 105 Å². The summed E-state index contributed by atoms with van der Waals surface area (Å²) in [4.78, 5) is 2.65. The molecule has 1 aromatic rings. The van der Waals surface area contributed by atoms with Crippen molar-refractivity contribution in [3.63, 3.8) is 0 Å². The van der Waals surface area contributed by atoms with Crippen LogP contribution in [-0.2, 0) is 6.42 Å². The van der Waals surface area contributed by atoms with Crippen LogP contribution in [0.1, 0.15) is 25.3 Å². The van der Waals surface area contributed by atoms with Gasteiger partial charge in [0.1, 0.15) is 0 Å². The fraction of sp³-hybridized carbons (Fsp3) is 0.600. The summed E-state index contributed by atoms with van der Waals surface area (Å²) < 4.78 is 0. The molecule has 0 aliphatic carbocycles. The van der Waals surface area contributed by atoms with E-state index in [4.69, 9.17) is 0 Å². The lowest BCUT2D eigenvalue weighted by Gasteiger charge is -2.31. The van der Waals surface area contributed by atoms with Gasteiger partial charge in [0, 0.05) is 6.04 Å². The molecule has 17 heavy (non-hydrogen) atoms. The van der Waals surface area contributed by atoms with Gasteiger partial charge in [-0.3, -0.25) is 0 Å². The van der Waals surface area contributed by atoms with Crippen molar-refractivity contribution in [2.45, 2.75) is 32.2 Å². The zero-order chi connectivity index (χ0) is 11.9. The van der Waals surface area contributed by atoms with E-state index in [1.807, 2.05) is 0 Å². The molecule has 2 heteroatoms. The minimum Gasteiger partial charge on any atom is -0.317 e. The number of hydrogen-bond donors (Lipinski definition) is 1. The molecule has 1 unspecified atom stereocenters. The van der Waals surface area contributed by atoms with Gasteiger partial charge in [-0.15, -0.1) is 0 Å². The lowest BCUT2D eigenvalue weighted by Crippen LogP contribution is -2.40. The van der Waals surface area contributed by atoms with E-state index in [9.17, 15) is 0 Å². The number of benzene rings is 1. The molecule has 0 radical (unpaired) electrons. The largest absolute Gasteiger partial charge is 0.317 e. The lowest BCUT2D eigenvalue weighted by molar-refractivity contribution is 0.193. The first-order valence-electron chi connectivity index (χ1n) is 6.85. The van der Waals surface area contributed by atoms with Crippen molar-refractivity contribution in [1.82, 2.24) is 10.2 Å². The highest BCUT2D eigenvalue weighted by molar-refractivity contribution is 5.15.